The van der Waals surface area contributed by atoms with Crippen LogP contribution in [0.25, 0.3) is 0 Å². The second kappa shape index (κ2) is 3.89. The molecule has 0 radical (unpaired) electrons. The van der Waals surface area contributed by atoms with Gasteiger partial charge in [-0.1, -0.05) is 18.6 Å². The lowest BCUT2D eigenvalue weighted by Crippen LogP contribution is -2.44. The summed E-state index contributed by atoms with van der Waals surface area (Å²) in [6.07, 6.45) is 12.5. The number of ether oxygens (including phenoxy) is 1. The average molecular weight is 274 g/mol. The average Bonchev–Trinajstić information content (AvgIpc) is 3.14. The van der Waals surface area contributed by atoms with Crippen LogP contribution in [-0.2, 0) is 4.74 Å². The molecule has 20 heavy (non-hydrogen) atoms. The molecule has 110 valence electrons. The topological polar surface area (TPSA) is 32.8 Å². The molecule has 1 saturated heterocycles. The fourth-order valence-electron chi connectivity index (χ4n) is 6.33. The molecule has 0 aromatic carbocycles. The maximum Gasteiger partial charge on any atom is 0.0847 e. The Bertz CT molecular complexity index is 470. The first-order chi connectivity index (χ1) is 9.67. The summed E-state index contributed by atoms with van der Waals surface area (Å²) in [5, 5.41) is 10.4. The van der Waals surface area contributed by atoms with Gasteiger partial charge in [0.1, 0.15) is 0 Å². The van der Waals surface area contributed by atoms with Crippen LogP contribution in [-0.4, -0.2) is 23.4 Å². The quantitative estimate of drug-likeness (QED) is 0.543. The standard InChI is InChI=1S/C18H26O2/c1-18-7-6-11-12(14(18)4-5-17(18)19)3-2-10-8-15-16(20-15)9-13(10)11/h6,10,12-17,19H,2-5,7-9H2,1H3/t10?,12-,13-,14+,15?,16?,17+,18+/m1/s1. The van der Waals surface area contributed by atoms with Crippen molar-refractivity contribution in [3.63, 3.8) is 0 Å². The van der Waals surface area contributed by atoms with Crippen LogP contribution in [0.1, 0.15) is 51.9 Å². The summed E-state index contributed by atoms with van der Waals surface area (Å²) in [7, 11) is 0. The van der Waals surface area contributed by atoms with Crippen molar-refractivity contribution < 1.29 is 9.84 Å². The van der Waals surface area contributed by atoms with E-state index in [0.29, 0.717) is 12.2 Å². The van der Waals surface area contributed by atoms with Gasteiger partial charge in [0.2, 0.25) is 0 Å². The van der Waals surface area contributed by atoms with Crippen LogP contribution in [0.2, 0.25) is 0 Å². The van der Waals surface area contributed by atoms with E-state index in [1.807, 2.05) is 0 Å². The fraction of sp³-hybridized carbons (Fsp3) is 0.889. The number of rotatable bonds is 0. The Morgan fingerprint density at radius 2 is 1.95 bits per heavy atom. The predicted molar refractivity (Wildman–Crippen MR) is 77.1 cm³/mol. The molecule has 2 nitrogen and oxygen atoms in total. The number of hydrogen-bond acceptors (Lipinski definition) is 2. The van der Waals surface area contributed by atoms with Gasteiger partial charge in [-0.15, -0.1) is 0 Å². The molecule has 4 aliphatic carbocycles. The van der Waals surface area contributed by atoms with Crippen molar-refractivity contribution in [1.29, 1.82) is 0 Å². The molecule has 8 atom stereocenters. The number of aliphatic hydroxyl groups excluding tert-OH is 1. The molecule has 0 aromatic rings. The van der Waals surface area contributed by atoms with Crippen LogP contribution in [0.4, 0.5) is 0 Å². The first kappa shape index (κ1) is 12.2. The van der Waals surface area contributed by atoms with Gasteiger partial charge in [-0.3, -0.25) is 0 Å². The van der Waals surface area contributed by atoms with Crippen molar-refractivity contribution in [3.8, 4) is 0 Å². The van der Waals surface area contributed by atoms with Gasteiger partial charge in [0.05, 0.1) is 18.3 Å². The maximum absolute atomic E-state index is 10.4. The van der Waals surface area contributed by atoms with Crippen molar-refractivity contribution in [2.45, 2.75) is 70.2 Å². The Balaban J connectivity index is 1.49. The summed E-state index contributed by atoms with van der Waals surface area (Å²) in [6.45, 7) is 2.34. The van der Waals surface area contributed by atoms with E-state index in [4.69, 9.17) is 4.74 Å². The molecule has 0 aromatic heterocycles. The van der Waals surface area contributed by atoms with E-state index in [1.54, 1.807) is 5.57 Å². The summed E-state index contributed by atoms with van der Waals surface area (Å²) in [4.78, 5) is 0. The molecule has 1 aliphatic heterocycles. The van der Waals surface area contributed by atoms with Crippen molar-refractivity contribution in [2.75, 3.05) is 0 Å². The third-order valence-corrected chi connectivity index (χ3v) is 7.61. The summed E-state index contributed by atoms with van der Waals surface area (Å²) in [5.74, 6) is 3.25. The van der Waals surface area contributed by atoms with Gasteiger partial charge in [-0.25, -0.2) is 0 Å². The normalized spacial score (nSPS) is 59.9. The largest absolute Gasteiger partial charge is 0.393 e. The molecule has 1 heterocycles. The lowest BCUT2D eigenvalue weighted by atomic mass is 9.55. The van der Waals surface area contributed by atoms with E-state index in [9.17, 15) is 5.11 Å². The molecule has 0 bridgehead atoms. The van der Waals surface area contributed by atoms with Gasteiger partial charge in [0, 0.05) is 5.41 Å². The van der Waals surface area contributed by atoms with E-state index >= 15 is 0 Å². The number of aliphatic hydroxyl groups is 1. The highest BCUT2D eigenvalue weighted by Gasteiger charge is 2.56. The van der Waals surface area contributed by atoms with E-state index in [0.717, 1.165) is 36.5 Å². The van der Waals surface area contributed by atoms with E-state index in [1.165, 1.54) is 32.1 Å². The Hall–Kier alpha value is -0.340. The minimum absolute atomic E-state index is 0.0643. The Labute approximate surface area is 121 Å². The van der Waals surface area contributed by atoms with E-state index < -0.39 is 0 Å². The van der Waals surface area contributed by atoms with Crippen LogP contribution in [0.15, 0.2) is 11.6 Å². The second-order valence-electron chi connectivity index (χ2n) is 8.35. The zero-order valence-corrected chi connectivity index (χ0v) is 12.4. The number of allylic oxidation sites excluding steroid dienone is 2. The molecule has 5 rings (SSSR count). The summed E-state index contributed by atoms with van der Waals surface area (Å²) in [6, 6.07) is 0. The third kappa shape index (κ3) is 1.47. The van der Waals surface area contributed by atoms with Gasteiger partial charge in [-0.2, -0.15) is 0 Å². The van der Waals surface area contributed by atoms with Crippen molar-refractivity contribution in [2.24, 2.45) is 29.1 Å². The summed E-state index contributed by atoms with van der Waals surface area (Å²) in [5.41, 5.74) is 1.96. The highest BCUT2D eigenvalue weighted by Crippen LogP contribution is 2.61. The SMILES string of the molecule is C[C@]12CC=C3[C@@H](CCC4CC5OC5C[C@@H]34)[C@@H]1CC[C@@H]2O. The molecule has 3 saturated carbocycles. The van der Waals surface area contributed by atoms with Crippen LogP contribution in [0, 0.1) is 29.1 Å². The Morgan fingerprint density at radius 3 is 2.85 bits per heavy atom. The van der Waals surface area contributed by atoms with Crippen molar-refractivity contribution in [1.82, 2.24) is 0 Å². The smallest absolute Gasteiger partial charge is 0.0847 e. The number of fused-ring (bicyclic) bond motifs is 6. The zero-order chi connectivity index (χ0) is 13.5. The number of hydrogen-bond donors (Lipinski definition) is 1. The van der Waals surface area contributed by atoms with E-state index in [-0.39, 0.29) is 11.5 Å². The van der Waals surface area contributed by atoms with Gasteiger partial charge in [0.25, 0.3) is 0 Å². The van der Waals surface area contributed by atoms with Crippen molar-refractivity contribution >= 4 is 0 Å². The van der Waals surface area contributed by atoms with Crippen LogP contribution < -0.4 is 0 Å². The Morgan fingerprint density at radius 1 is 1.10 bits per heavy atom. The van der Waals surface area contributed by atoms with Crippen molar-refractivity contribution in [3.05, 3.63) is 11.6 Å². The Kier molecular flexibility index (Phi) is 2.38. The van der Waals surface area contributed by atoms with Crippen LogP contribution in [0.5, 0.6) is 0 Å². The van der Waals surface area contributed by atoms with Gasteiger partial charge >= 0.3 is 0 Å². The molecule has 1 N–H and O–H groups in total. The summed E-state index contributed by atoms with van der Waals surface area (Å²) < 4.78 is 5.81. The van der Waals surface area contributed by atoms with Crippen LogP contribution >= 0.6 is 0 Å². The molecule has 4 fully saturated rings. The monoisotopic (exact) mass is 274 g/mol. The predicted octanol–water partition coefficient (Wildman–Crippen LogP) is 3.30. The lowest BCUT2D eigenvalue weighted by molar-refractivity contribution is 0.00906. The van der Waals surface area contributed by atoms with Crippen LogP contribution in [0.3, 0.4) is 0 Å². The number of epoxide rings is 1. The molecule has 2 heteroatoms. The highest BCUT2D eigenvalue weighted by atomic mass is 16.6. The molecule has 0 spiro atoms. The van der Waals surface area contributed by atoms with E-state index in [2.05, 4.69) is 13.0 Å². The minimum atomic E-state index is -0.0643. The highest BCUT2D eigenvalue weighted by molar-refractivity contribution is 5.26. The molecule has 3 unspecified atom stereocenters. The third-order valence-electron chi connectivity index (χ3n) is 7.61. The first-order valence-electron chi connectivity index (χ1n) is 8.70. The molecular formula is C18H26O2. The molecule has 5 aliphatic rings. The maximum atomic E-state index is 10.4. The zero-order valence-electron chi connectivity index (χ0n) is 12.4. The van der Waals surface area contributed by atoms with Gasteiger partial charge < -0.3 is 9.84 Å². The second-order valence-corrected chi connectivity index (χ2v) is 8.35. The first-order valence-corrected chi connectivity index (χ1v) is 8.70. The van der Waals surface area contributed by atoms with Gasteiger partial charge in [0.15, 0.2) is 0 Å². The summed E-state index contributed by atoms with van der Waals surface area (Å²) >= 11 is 0. The molecule has 0 amide bonds. The lowest BCUT2D eigenvalue weighted by Gasteiger charge is -2.50. The molecular weight excluding hydrogens is 248 g/mol. The fourth-order valence-corrected chi connectivity index (χ4v) is 6.33. The minimum Gasteiger partial charge on any atom is -0.393 e. The van der Waals surface area contributed by atoms with Gasteiger partial charge in [-0.05, 0) is 68.6 Å².